The maximum Gasteiger partial charge on any atom is 0.251 e. The highest BCUT2D eigenvalue weighted by Crippen LogP contribution is 2.36. The second-order valence-electron chi connectivity index (χ2n) is 10.2. The van der Waals surface area contributed by atoms with E-state index in [1.165, 1.54) is 19.2 Å². The number of rotatable bonds is 12. The van der Waals surface area contributed by atoms with E-state index in [1.807, 2.05) is 41.1 Å². The average molecular weight is 588 g/mol. The first-order valence-corrected chi connectivity index (χ1v) is 15.5. The van der Waals surface area contributed by atoms with Gasteiger partial charge in [-0.05, 0) is 54.3 Å². The number of imidazole rings is 1. The summed E-state index contributed by atoms with van der Waals surface area (Å²) in [6, 6.07) is 19.1. The van der Waals surface area contributed by atoms with Gasteiger partial charge in [-0.15, -0.1) is 0 Å². The lowest BCUT2D eigenvalue weighted by molar-refractivity contribution is 0.0935. The van der Waals surface area contributed by atoms with Gasteiger partial charge in [-0.1, -0.05) is 36.4 Å². The Morgan fingerprint density at radius 1 is 1.07 bits per heavy atom. The van der Waals surface area contributed by atoms with Crippen molar-refractivity contribution in [2.75, 3.05) is 20.3 Å². The summed E-state index contributed by atoms with van der Waals surface area (Å²) >= 11 is 0. The van der Waals surface area contributed by atoms with Crippen LogP contribution in [-0.2, 0) is 33.3 Å². The van der Waals surface area contributed by atoms with Gasteiger partial charge in [0.25, 0.3) is 5.91 Å². The molecule has 4 aromatic rings. The van der Waals surface area contributed by atoms with Crippen molar-refractivity contribution >= 4 is 21.5 Å². The molecular formula is C32H33N3O6S. The number of ketones is 1. The third-order valence-corrected chi connectivity index (χ3v) is 8.92. The molecule has 0 saturated carbocycles. The molecule has 1 aliphatic carbocycles. The van der Waals surface area contributed by atoms with Gasteiger partial charge in [0.2, 0.25) is 0 Å². The fraction of sp³-hybridized carbons (Fsp3) is 0.281. The zero-order chi connectivity index (χ0) is 29.5. The molecule has 10 heteroatoms. The molecule has 0 radical (unpaired) electrons. The number of carbonyl (C=O) groups is 2. The largest absolute Gasteiger partial charge is 0.484 e. The summed E-state index contributed by atoms with van der Waals surface area (Å²) in [5.41, 5.74) is 2.87. The van der Waals surface area contributed by atoms with Gasteiger partial charge in [0.1, 0.15) is 11.9 Å². The Balaban J connectivity index is 1.51. The average Bonchev–Trinajstić information content (AvgIpc) is 3.52. The number of fused-ring (bicyclic) bond motifs is 1. The molecule has 1 heterocycles. The van der Waals surface area contributed by atoms with Crippen LogP contribution in [0.4, 0.5) is 0 Å². The molecule has 0 aliphatic heterocycles. The number of benzene rings is 3. The molecule has 1 aromatic heterocycles. The van der Waals surface area contributed by atoms with E-state index in [0.717, 1.165) is 5.56 Å². The molecule has 1 amide bonds. The molecule has 1 atom stereocenters. The molecule has 3 aromatic carbocycles. The number of nitrogens with zero attached hydrogens (tertiary/aromatic N) is 2. The van der Waals surface area contributed by atoms with Gasteiger partial charge in [-0.25, -0.2) is 13.4 Å². The van der Waals surface area contributed by atoms with Gasteiger partial charge in [-0.2, -0.15) is 0 Å². The van der Waals surface area contributed by atoms with Crippen LogP contribution in [0.2, 0.25) is 0 Å². The van der Waals surface area contributed by atoms with Crippen LogP contribution in [0.25, 0.3) is 0 Å². The van der Waals surface area contributed by atoms with E-state index in [1.54, 1.807) is 36.8 Å². The highest BCUT2D eigenvalue weighted by molar-refractivity contribution is 7.90. The van der Waals surface area contributed by atoms with Gasteiger partial charge in [0.15, 0.2) is 15.6 Å². The number of Topliss-reactive ketones (excluding diaryl/α,β-unsaturated/α-hetero) is 1. The molecule has 9 nitrogen and oxygen atoms in total. The molecule has 1 N–H and O–H groups in total. The van der Waals surface area contributed by atoms with Crippen molar-refractivity contribution < 1.29 is 27.5 Å². The predicted molar refractivity (Wildman–Crippen MR) is 157 cm³/mol. The van der Waals surface area contributed by atoms with E-state index < -0.39 is 15.9 Å². The lowest BCUT2D eigenvalue weighted by Crippen LogP contribution is -2.27. The van der Waals surface area contributed by atoms with E-state index in [9.17, 15) is 18.0 Å². The number of methoxy groups -OCH3 is 1. The highest BCUT2D eigenvalue weighted by atomic mass is 32.2. The molecule has 5 rings (SSSR count). The third-order valence-electron chi connectivity index (χ3n) is 7.28. The number of ether oxygens (including phenoxy) is 2. The van der Waals surface area contributed by atoms with Crippen molar-refractivity contribution in [3.8, 4) is 5.75 Å². The lowest BCUT2D eigenvalue weighted by atomic mass is 9.87. The Morgan fingerprint density at radius 3 is 2.67 bits per heavy atom. The fourth-order valence-electron chi connectivity index (χ4n) is 5.14. The molecular weight excluding hydrogens is 554 g/mol. The van der Waals surface area contributed by atoms with E-state index in [-0.39, 0.29) is 27.9 Å². The summed E-state index contributed by atoms with van der Waals surface area (Å²) in [5, 5.41) is 2.72. The number of carbonyl (C=O) groups excluding carboxylic acids is 2. The molecule has 218 valence electrons. The minimum Gasteiger partial charge on any atom is -0.484 e. The summed E-state index contributed by atoms with van der Waals surface area (Å²) in [5.74, 6) is -0.357. The van der Waals surface area contributed by atoms with Crippen LogP contribution in [0.5, 0.6) is 5.75 Å². The summed E-state index contributed by atoms with van der Waals surface area (Å²) in [6.07, 6.45) is 6.42. The summed E-state index contributed by atoms with van der Waals surface area (Å²) in [6.45, 7) is 1.10. The van der Waals surface area contributed by atoms with E-state index >= 15 is 0 Å². The first-order valence-electron chi connectivity index (χ1n) is 13.8. The number of hydrogen-bond donors (Lipinski definition) is 1. The Labute approximate surface area is 245 Å². The van der Waals surface area contributed by atoms with Crippen LogP contribution in [0, 0.1) is 0 Å². The highest BCUT2D eigenvalue weighted by Gasteiger charge is 2.28. The smallest absolute Gasteiger partial charge is 0.251 e. The van der Waals surface area contributed by atoms with Crippen molar-refractivity contribution in [1.29, 1.82) is 0 Å². The zero-order valence-electron chi connectivity index (χ0n) is 23.4. The van der Waals surface area contributed by atoms with Gasteiger partial charge < -0.3 is 19.4 Å². The van der Waals surface area contributed by atoms with Crippen molar-refractivity contribution in [1.82, 2.24) is 14.9 Å². The Morgan fingerprint density at radius 2 is 1.90 bits per heavy atom. The van der Waals surface area contributed by atoms with Gasteiger partial charge >= 0.3 is 0 Å². The summed E-state index contributed by atoms with van der Waals surface area (Å²) in [7, 11) is -2.39. The molecule has 0 fully saturated rings. The normalized spacial score (nSPS) is 13.8. The minimum atomic E-state index is -3.93. The van der Waals surface area contributed by atoms with Crippen LogP contribution in [0.1, 0.15) is 56.4 Å². The number of sulfone groups is 1. The molecule has 0 saturated heterocycles. The standard InChI is InChI=1S/C32H33N3O6S/c1-40-18-16-34-32(37)24-9-5-10-25(19-24)42(38,39)21-28-26-11-6-12-29(36)27(26)13-14-30(28)41-31(20-35-17-15-33-22-35)23-7-3-2-4-8-23/h2-5,7-10,13-15,17,19,22,31H,6,11-12,16,18,20-21H2,1H3,(H,34,37)/t31-/m1/s1. The van der Waals surface area contributed by atoms with Crippen LogP contribution >= 0.6 is 0 Å². The van der Waals surface area contributed by atoms with Crippen molar-refractivity contribution in [3.05, 3.63) is 113 Å². The SMILES string of the molecule is COCCNC(=O)c1cccc(S(=O)(=O)Cc2c(O[C@H](Cn3ccnc3)c3ccccc3)ccc3c2CCCC3=O)c1. The van der Waals surface area contributed by atoms with Crippen LogP contribution < -0.4 is 10.1 Å². The van der Waals surface area contributed by atoms with Crippen LogP contribution in [0.3, 0.4) is 0 Å². The van der Waals surface area contributed by atoms with Gasteiger partial charge in [0, 0.05) is 49.2 Å². The first kappa shape index (κ1) is 29.2. The number of hydrogen-bond acceptors (Lipinski definition) is 7. The fourth-order valence-corrected chi connectivity index (χ4v) is 6.59. The molecule has 0 spiro atoms. The third kappa shape index (κ3) is 6.78. The quantitative estimate of drug-likeness (QED) is 0.241. The topological polar surface area (TPSA) is 117 Å². The number of amides is 1. The Kier molecular flexibility index (Phi) is 9.14. The minimum absolute atomic E-state index is 0.00537. The van der Waals surface area contributed by atoms with E-state index in [2.05, 4.69) is 10.3 Å². The molecule has 1 aliphatic rings. The van der Waals surface area contributed by atoms with Crippen molar-refractivity contribution in [2.45, 2.75) is 42.6 Å². The number of nitrogens with one attached hydrogen (secondary N) is 1. The first-order chi connectivity index (χ1) is 20.4. The second-order valence-corrected chi connectivity index (χ2v) is 12.1. The van der Waals surface area contributed by atoms with Crippen LogP contribution in [0.15, 0.2) is 90.3 Å². The summed E-state index contributed by atoms with van der Waals surface area (Å²) < 4.78 is 41.2. The predicted octanol–water partition coefficient (Wildman–Crippen LogP) is 4.57. The van der Waals surface area contributed by atoms with Gasteiger partial charge in [-0.3, -0.25) is 9.59 Å². The number of aromatic nitrogens is 2. The van der Waals surface area contributed by atoms with Gasteiger partial charge in [0.05, 0.1) is 30.1 Å². The zero-order valence-corrected chi connectivity index (χ0v) is 24.2. The van der Waals surface area contributed by atoms with Crippen LogP contribution in [-0.4, -0.2) is 49.9 Å². The van der Waals surface area contributed by atoms with E-state index in [0.29, 0.717) is 61.4 Å². The Bertz CT molecular complexity index is 1650. The molecule has 0 unspecified atom stereocenters. The maximum absolute atomic E-state index is 13.9. The van der Waals surface area contributed by atoms with Crippen molar-refractivity contribution in [2.24, 2.45) is 0 Å². The molecule has 42 heavy (non-hydrogen) atoms. The van der Waals surface area contributed by atoms with E-state index in [4.69, 9.17) is 9.47 Å². The lowest BCUT2D eigenvalue weighted by Gasteiger charge is -2.26. The van der Waals surface area contributed by atoms with Crippen molar-refractivity contribution in [3.63, 3.8) is 0 Å². The summed E-state index contributed by atoms with van der Waals surface area (Å²) in [4.78, 5) is 29.6. The Hall–Kier alpha value is -4.28. The monoisotopic (exact) mass is 587 g/mol. The molecule has 0 bridgehead atoms. The second kappa shape index (κ2) is 13.1. The maximum atomic E-state index is 13.9.